The molecule has 0 atom stereocenters. The summed E-state index contributed by atoms with van der Waals surface area (Å²) in [6, 6.07) is 0. The van der Waals surface area contributed by atoms with Crippen molar-refractivity contribution in [1.82, 2.24) is 19.8 Å². The molecule has 2 rings (SSSR count). The zero-order chi connectivity index (χ0) is 15.9. The summed E-state index contributed by atoms with van der Waals surface area (Å²) in [4.78, 5) is 24.1. The lowest BCUT2D eigenvalue weighted by molar-refractivity contribution is -0.132. The maximum atomic E-state index is 12.6. The maximum Gasteiger partial charge on any atom is 0.222 e. The third-order valence-electron chi connectivity index (χ3n) is 4.69. The first-order valence-electron chi connectivity index (χ1n) is 8.47. The second-order valence-corrected chi connectivity index (χ2v) is 6.78. The molecule has 0 aromatic carbocycles. The van der Waals surface area contributed by atoms with Crippen LogP contribution < -0.4 is 0 Å². The zero-order valence-corrected chi connectivity index (χ0v) is 14.3. The summed E-state index contributed by atoms with van der Waals surface area (Å²) in [6.07, 6.45) is 8.74. The molecule has 5 nitrogen and oxygen atoms in total. The summed E-state index contributed by atoms with van der Waals surface area (Å²) in [5.74, 6) is 1.04. The van der Waals surface area contributed by atoms with E-state index >= 15 is 0 Å². The van der Waals surface area contributed by atoms with Crippen molar-refractivity contribution in [2.45, 2.75) is 52.0 Å². The lowest BCUT2D eigenvalue weighted by atomic mass is 10.0. The van der Waals surface area contributed by atoms with Crippen LogP contribution in [0.3, 0.4) is 0 Å². The molecule has 124 valence electrons. The third-order valence-corrected chi connectivity index (χ3v) is 4.69. The minimum atomic E-state index is 0.274. The molecule has 0 bridgehead atoms. The number of nitrogens with one attached hydrogen (secondary N) is 1. The van der Waals surface area contributed by atoms with Gasteiger partial charge in [0.05, 0.1) is 18.6 Å². The second-order valence-electron chi connectivity index (χ2n) is 6.78. The van der Waals surface area contributed by atoms with Crippen molar-refractivity contribution in [2.24, 2.45) is 5.92 Å². The molecule has 1 fully saturated rings. The van der Waals surface area contributed by atoms with Crippen molar-refractivity contribution < 1.29 is 4.79 Å². The molecule has 0 unspecified atom stereocenters. The van der Waals surface area contributed by atoms with E-state index in [1.54, 1.807) is 6.33 Å². The minimum Gasteiger partial charge on any atom is -0.348 e. The number of nitrogens with zero attached hydrogens (tertiary/aromatic N) is 3. The van der Waals surface area contributed by atoms with Gasteiger partial charge in [-0.25, -0.2) is 4.98 Å². The Balaban J connectivity index is 1.89. The van der Waals surface area contributed by atoms with E-state index in [0.29, 0.717) is 13.0 Å². The van der Waals surface area contributed by atoms with Crippen LogP contribution in [0, 0.1) is 12.8 Å². The molecule has 1 aliphatic rings. The van der Waals surface area contributed by atoms with Crippen LogP contribution in [0.5, 0.6) is 0 Å². The fraction of sp³-hybridized carbons (Fsp3) is 0.765. The summed E-state index contributed by atoms with van der Waals surface area (Å²) in [5, 5.41) is 0. The molecule has 1 saturated carbocycles. The van der Waals surface area contributed by atoms with E-state index in [2.05, 4.69) is 14.9 Å². The van der Waals surface area contributed by atoms with Crippen LogP contribution in [-0.2, 0) is 11.3 Å². The van der Waals surface area contributed by atoms with Gasteiger partial charge in [-0.3, -0.25) is 4.79 Å². The van der Waals surface area contributed by atoms with E-state index < -0.39 is 0 Å². The van der Waals surface area contributed by atoms with Gasteiger partial charge in [0.2, 0.25) is 5.91 Å². The van der Waals surface area contributed by atoms with Crippen molar-refractivity contribution in [1.29, 1.82) is 0 Å². The average molecular weight is 306 g/mol. The molecule has 22 heavy (non-hydrogen) atoms. The monoisotopic (exact) mass is 306 g/mol. The van der Waals surface area contributed by atoms with E-state index in [4.69, 9.17) is 0 Å². The fourth-order valence-corrected chi connectivity index (χ4v) is 3.12. The van der Waals surface area contributed by atoms with Crippen molar-refractivity contribution in [3.63, 3.8) is 0 Å². The van der Waals surface area contributed by atoms with Crippen molar-refractivity contribution in [2.75, 3.05) is 27.2 Å². The van der Waals surface area contributed by atoms with Crippen molar-refractivity contribution in [3.8, 4) is 0 Å². The normalized spacial score (nSPS) is 15.6. The van der Waals surface area contributed by atoms with E-state index in [9.17, 15) is 4.79 Å². The van der Waals surface area contributed by atoms with Gasteiger partial charge in [-0.1, -0.05) is 25.7 Å². The van der Waals surface area contributed by atoms with Gasteiger partial charge in [-0.2, -0.15) is 0 Å². The van der Waals surface area contributed by atoms with Crippen LogP contribution in [0.2, 0.25) is 0 Å². The number of aromatic nitrogens is 2. The highest BCUT2D eigenvalue weighted by Gasteiger charge is 2.20. The molecule has 5 heteroatoms. The predicted octanol–water partition coefficient (Wildman–Crippen LogP) is 2.58. The number of likely N-dealkylation sites (N-methyl/N-ethyl adjacent to an activating group) is 1. The largest absolute Gasteiger partial charge is 0.348 e. The lowest BCUT2D eigenvalue weighted by Gasteiger charge is -2.24. The topological polar surface area (TPSA) is 52.2 Å². The van der Waals surface area contributed by atoms with E-state index in [0.717, 1.165) is 36.8 Å². The Bertz CT molecular complexity index is 463. The molecule has 1 aromatic rings. The van der Waals surface area contributed by atoms with Gasteiger partial charge in [0.25, 0.3) is 0 Å². The van der Waals surface area contributed by atoms with Crippen molar-refractivity contribution >= 4 is 5.91 Å². The van der Waals surface area contributed by atoms with Crippen LogP contribution in [0.4, 0.5) is 0 Å². The maximum absolute atomic E-state index is 12.6. The first-order valence-corrected chi connectivity index (χ1v) is 8.47. The van der Waals surface area contributed by atoms with Crippen molar-refractivity contribution in [3.05, 3.63) is 17.7 Å². The van der Waals surface area contributed by atoms with Gasteiger partial charge in [0.1, 0.15) is 0 Å². The average Bonchev–Trinajstić information content (AvgIpc) is 3.12. The standard InChI is InChI=1S/C17H30N4O/c1-14-16(19-13-18-14)12-21(11-10-20(2)3)17(22)9-8-15-6-4-5-7-15/h13,15H,4-12H2,1-3H3,(H,18,19). The molecular weight excluding hydrogens is 276 g/mol. The second kappa shape index (κ2) is 8.32. The first-order chi connectivity index (χ1) is 10.6. The molecule has 1 aliphatic carbocycles. The number of imidazole rings is 1. The molecule has 1 N–H and O–H groups in total. The summed E-state index contributed by atoms with van der Waals surface area (Å²) in [5.41, 5.74) is 2.03. The highest BCUT2D eigenvalue weighted by molar-refractivity contribution is 5.76. The van der Waals surface area contributed by atoms with Gasteiger partial charge in [0.15, 0.2) is 0 Å². The van der Waals surface area contributed by atoms with Crippen LogP contribution in [-0.4, -0.2) is 52.9 Å². The number of hydrogen-bond acceptors (Lipinski definition) is 3. The number of hydrogen-bond donors (Lipinski definition) is 1. The van der Waals surface area contributed by atoms with Gasteiger partial charge >= 0.3 is 0 Å². The smallest absolute Gasteiger partial charge is 0.222 e. The summed E-state index contributed by atoms with van der Waals surface area (Å²) >= 11 is 0. The van der Waals surface area contributed by atoms with Crippen LogP contribution >= 0.6 is 0 Å². The summed E-state index contributed by atoms with van der Waals surface area (Å²) < 4.78 is 0. The molecule has 1 amide bonds. The molecule has 1 aromatic heterocycles. The number of rotatable bonds is 8. The molecule has 0 radical (unpaired) electrons. The Morgan fingerprint density at radius 3 is 2.64 bits per heavy atom. The Kier molecular flexibility index (Phi) is 6.43. The Morgan fingerprint density at radius 2 is 2.05 bits per heavy atom. The SMILES string of the molecule is Cc1[nH]cnc1CN(CCN(C)C)C(=O)CCC1CCCC1. The highest BCUT2D eigenvalue weighted by atomic mass is 16.2. The van der Waals surface area contributed by atoms with E-state index in [1.807, 2.05) is 25.9 Å². The molecule has 1 heterocycles. The quantitative estimate of drug-likeness (QED) is 0.803. The number of H-pyrrole nitrogens is 1. The highest BCUT2D eigenvalue weighted by Crippen LogP contribution is 2.28. The number of carbonyl (C=O) groups is 1. The molecule has 0 aliphatic heterocycles. The Labute approximate surface area is 134 Å². The predicted molar refractivity (Wildman–Crippen MR) is 88.5 cm³/mol. The molecular formula is C17H30N4O. The zero-order valence-electron chi connectivity index (χ0n) is 14.3. The number of aromatic amines is 1. The fourth-order valence-electron chi connectivity index (χ4n) is 3.12. The Hall–Kier alpha value is -1.36. The van der Waals surface area contributed by atoms with E-state index in [-0.39, 0.29) is 5.91 Å². The summed E-state index contributed by atoms with van der Waals surface area (Å²) in [6.45, 7) is 4.28. The van der Waals surface area contributed by atoms with Crippen LogP contribution in [0.15, 0.2) is 6.33 Å². The summed E-state index contributed by atoms with van der Waals surface area (Å²) in [7, 11) is 4.09. The molecule has 0 spiro atoms. The van der Waals surface area contributed by atoms with Gasteiger partial charge in [-0.05, 0) is 33.4 Å². The lowest BCUT2D eigenvalue weighted by Crippen LogP contribution is -2.36. The Morgan fingerprint density at radius 1 is 1.32 bits per heavy atom. The van der Waals surface area contributed by atoms with Crippen LogP contribution in [0.1, 0.15) is 49.9 Å². The minimum absolute atomic E-state index is 0.274. The van der Waals surface area contributed by atoms with E-state index in [1.165, 1.54) is 25.7 Å². The van der Waals surface area contributed by atoms with Gasteiger partial charge < -0.3 is 14.8 Å². The van der Waals surface area contributed by atoms with Gasteiger partial charge in [0, 0.05) is 25.2 Å². The number of amides is 1. The third kappa shape index (κ3) is 5.13. The first kappa shape index (κ1) is 17.0. The van der Waals surface area contributed by atoms with Gasteiger partial charge in [-0.15, -0.1) is 0 Å². The number of aryl methyl sites for hydroxylation is 1. The number of carbonyl (C=O) groups excluding carboxylic acids is 1. The molecule has 0 saturated heterocycles. The van der Waals surface area contributed by atoms with Crippen LogP contribution in [0.25, 0.3) is 0 Å².